The second kappa shape index (κ2) is 4.04. The van der Waals surface area contributed by atoms with Gasteiger partial charge in [0.05, 0.1) is 5.69 Å². The van der Waals surface area contributed by atoms with Gasteiger partial charge in [0.15, 0.2) is 5.82 Å². The summed E-state index contributed by atoms with van der Waals surface area (Å²) in [6.45, 7) is 1.44. The van der Waals surface area contributed by atoms with Crippen molar-refractivity contribution in [3.05, 3.63) is 29.1 Å². The summed E-state index contributed by atoms with van der Waals surface area (Å²) in [4.78, 5) is 18.4. The first-order valence-corrected chi connectivity index (χ1v) is 7.76. The highest BCUT2D eigenvalue weighted by molar-refractivity contribution is 9.08. The lowest BCUT2D eigenvalue weighted by Crippen LogP contribution is -2.50. The zero-order valence-corrected chi connectivity index (χ0v) is 12.3. The van der Waals surface area contributed by atoms with Gasteiger partial charge < -0.3 is 5.32 Å². The van der Waals surface area contributed by atoms with Gasteiger partial charge in [0.2, 0.25) is 0 Å². The number of aliphatic imine (C=N–C) groups is 1. The smallest absolute Gasteiger partial charge is 0.304 e. The van der Waals surface area contributed by atoms with Crippen LogP contribution in [0.25, 0.3) is 0 Å². The third kappa shape index (κ3) is 1.63. The molecule has 1 aromatic carbocycles. The highest BCUT2D eigenvalue weighted by Crippen LogP contribution is 2.49. The maximum atomic E-state index is 14.3. The van der Waals surface area contributed by atoms with E-state index in [0.29, 0.717) is 28.8 Å². The Kier molecular flexibility index (Phi) is 2.49. The molecule has 2 amide bonds. The van der Waals surface area contributed by atoms with E-state index in [4.69, 9.17) is 0 Å². The van der Waals surface area contributed by atoms with Crippen molar-refractivity contribution in [3.8, 4) is 0 Å². The van der Waals surface area contributed by atoms with Crippen molar-refractivity contribution in [2.24, 2.45) is 10.4 Å². The molecule has 3 aliphatic rings. The Morgan fingerprint density at radius 1 is 1.45 bits per heavy atom. The van der Waals surface area contributed by atoms with Crippen molar-refractivity contribution in [2.75, 3.05) is 18.4 Å². The van der Waals surface area contributed by atoms with E-state index in [1.807, 2.05) is 6.07 Å². The van der Waals surface area contributed by atoms with Crippen LogP contribution in [0.2, 0.25) is 0 Å². The zero-order valence-electron chi connectivity index (χ0n) is 10.7. The third-order valence-electron chi connectivity index (χ3n) is 4.35. The van der Waals surface area contributed by atoms with Crippen LogP contribution >= 0.6 is 15.9 Å². The van der Waals surface area contributed by atoms with Crippen LogP contribution < -0.4 is 5.32 Å². The summed E-state index contributed by atoms with van der Waals surface area (Å²) in [5.74, 6) is 0.239. The molecule has 0 radical (unpaired) electrons. The standard InChI is InChI=1S/C14H13BrFN3O/c15-5-8-1-2-9-11(10(8)16)18-13(20)19-7-14(3-4-14)6-17-12(9)19/h1-2H,3-7H2,(H,18,20). The molecular weight excluding hydrogens is 325 g/mol. The number of halogens is 2. The van der Waals surface area contributed by atoms with E-state index in [2.05, 4.69) is 26.2 Å². The minimum Gasteiger partial charge on any atom is -0.304 e. The maximum absolute atomic E-state index is 14.3. The Bertz CT molecular complexity index is 654. The molecule has 2 heterocycles. The van der Waals surface area contributed by atoms with Gasteiger partial charge in [-0.15, -0.1) is 0 Å². The van der Waals surface area contributed by atoms with E-state index in [0.717, 1.165) is 19.4 Å². The summed E-state index contributed by atoms with van der Waals surface area (Å²) in [5.41, 5.74) is 1.66. The first-order chi connectivity index (χ1) is 9.63. The van der Waals surface area contributed by atoms with Gasteiger partial charge in [-0.1, -0.05) is 22.0 Å². The molecule has 6 heteroatoms. The number of carbonyl (C=O) groups is 1. The molecule has 1 aromatic rings. The average Bonchev–Trinajstić information content (AvgIpc) is 3.20. The van der Waals surface area contributed by atoms with E-state index < -0.39 is 0 Å². The van der Waals surface area contributed by atoms with Gasteiger partial charge >= 0.3 is 6.03 Å². The number of hydrogen-bond acceptors (Lipinski definition) is 2. The second-order valence-electron chi connectivity index (χ2n) is 5.75. The van der Waals surface area contributed by atoms with Crippen LogP contribution in [-0.2, 0) is 5.33 Å². The Balaban J connectivity index is 1.85. The van der Waals surface area contributed by atoms with E-state index in [1.54, 1.807) is 11.0 Å². The number of fused-ring (bicyclic) bond motifs is 3. The first-order valence-electron chi connectivity index (χ1n) is 6.64. The van der Waals surface area contributed by atoms with E-state index in [1.165, 1.54) is 0 Å². The van der Waals surface area contributed by atoms with Crippen molar-refractivity contribution >= 4 is 33.5 Å². The van der Waals surface area contributed by atoms with Crippen molar-refractivity contribution < 1.29 is 9.18 Å². The lowest BCUT2D eigenvalue weighted by molar-refractivity contribution is 0.221. The van der Waals surface area contributed by atoms with Gasteiger partial charge in [-0.05, 0) is 18.9 Å². The molecule has 1 aliphatic carbocycles. The molecule has 20 heavy (non-hydrogen) atoms. The van der Waals surface area contributed by atoms with Crippen molar-refractivity contribution in [1.29, 1.82) is 0 Å². The molecule has 1 spiro atoms. The Morgan fingerprint density at radius 3 is 2.95 bits per heavy atom. The Morgan fingerprint density at radius 2 is 2.25 bits per heavy atom. The van der Waals surface area contributed by atoms with Crippen LogP contribution in [-0.4, -0.2) is 29.9 Å². The lowest BCUT2D eigenvalue weighted by atomic mass is 9.99. The van der Waals surface area contributed by atoms with Crippen LogP contribution in [0.5, 0.6) is 0 Å². The number of rotatable bonds is 1. The highest BCUT2D eigenvalue weighted by atomic mass is 79.9. The average molecular weight is 338 g/mol. The topological polar surface area (TPSA) is 44.7 Å². The number of hydrogen-bond donors (Lipinski definition) is 1. The van der Waals surface area contributed by atoms with Gasteiger partial charge in [0.1, 0.15) is 5.84 Å². The molecule has 0 saturated heterocycles. The number of amides is 2. The number of benzene rings is 1. The number of nitrogens with zero attached hydrogens (tertiary/aromatic N) is 2. The van der Waals surface area contributed by atoms with Gasteiger partial charge in [-0.2, -0.15) is 0 Å². The summed E-state index contributed by atoms with van der Waals surface area (Å²) >= 11 is 3.25. The van der Waals surface area contributed by atoms with E-state index in [9.17, 15) is 9.18 Å². The fourth-order valence-corrected chi connectivity index (χ4v) is 3.32. The Hall–Kier alpha value is -1.43. The number of alkyl halides is 1. The van der Waals surface area contributed by atoms with Crippen LogP contribution in [0, 0.1) is 11.2 Å². The van der Waals surface area contributed by atoms with Gasteiger partial charge in [-0.25, -0.2) is 9.18 Å². The molecule has 1 saturated carbocycles. The second-order valence-corrected chi connectivity index (χ2v) is 6.31. The molecule has 104 valence electrons. The van der Waals surface area contributed by atoms with Crippen LogP contribution in [0.15, 0.2) is 17.1 Å². The number of urea groups is 1. The number of nitrogens with one attached hydrogen (secondary N) is 1. The molecule has 1 N–H and O–H groups in total. The predicted molar refractivity (Wildman–Crippen MR) is 77.8 cm³/mol. The van der Waals surface area contributed by atoms with Crippen molar-refractivity contribution in [3.63, 3.8) is 0 Å². The molecule has 0 aromatic heterocycles. The minimum absolute atomic E-state index is 0.187. The first kappa shape index (κ1) is 12.3. The van der Waals surface area contributed by atoms with Gasteiger partial charge in [0, 0.05) is 35.0 Å². The number of anilines is 1. The van der Waals surface area contributed by atoms with Gasteiger partial charge in [0.25, 0.3) is 0 Å². The molecular formula is C14H13BrFN3O. The SMILES string of the molecule is O=C1Nc2c(ccc(CBr)c2F)C2=NCC3(CC3)CN12. The lowest BCUT2D eigenvalue weighted by Gasteiger charge is -2.36. The normalized spacial score (nSPS) is 22.0. The highest BCUT2D eigenvalue weighted by Gasteiger charge is 2.49. The molecule has 0 unspecified atom stereocenters. The minimum atomic E-state index is -0.373. The molecule has 4 nitrogen and oxygen atoms in total. The molecule has 0 bridgehead atoms. The van der Waals surface area contributed by atoms with E-state index in [-0.39, 0.29) is 23.0 Å². The summed E-state index contributed by atoms with van der Waals surface area (Å²) in [7, 11) is 0. The largest absolute Gasteiger partial charge is 0.327 e. The van der Waals surface area contributed by atoms with Crippen LogP contribution in [0.1, 0.15) is 24.0 Å². The maximum Gasteiger partial charge on any atom is 0.327 e. The third-order valence-corrected chi connectivity index (χ3v) is 4.96. The molecule has 2 aliphatic heterocycles. The fraction of sp³-hybridized carbons (Fsp3) is 0.429. The van der Waals surface area contributed by atoms with E-state index >= 15 is 0 Å². The predicted octanol–water partition coefficient (Wildman–Crippen LogP) is 3.11. The summed E-state index contributed by atoms with van der Waals surface area (Å²) < 4.78 is 14.3. The molecule has 4 rings (SSSR count). The van der Waals surface area contributed by atoms with Crippen molar-refractivity contribution in [2.45, 2.75) is 18.2 Å². The number of amidine groups is 1. The van der Waals surface area contributed by atoms with Crippen molar-refractivity contribution in [1.82, 2.24) is 4.90 Å². The molecule has 1 fully saturated rings. The van der Waals surface area contributed by atoms with Crippen LogP contribution in [0.4, 0.5) is 14.9 Å². The number of carbonyl (C=O) groups excluding carboxylic acids is 1. The summed E-state index contributed by atoms with van der Waals surface area (Å²) in [5, 5.41) is 3.10. The monoisotopic (exact) mass is 337 g/mol. The van der Waals surface area contributed by atoms with Crippen LogP contribution in [0.3, 0.4) is 0 Å². The van der Waals surface area contributed by atoms with Gasteiger partial charge in [-0.3, -0.25) is 9.89 Å². The Labute approximate surface area is 124 Å². The summed E-state index contributed by atoms with van der Waals surface area (Å²) in [6.07, 6.45) is 2.24. The molecule has 0 atom stereocenters. The quantitative estimate of drug-likeness (QED) is 0.786. The summed E-state index contributed by atoms with van der Waals surface area (Å²) in [6, 6.07) is 3.31. The zero-order chi connectivity index (χ0) is 13.9. The fourth-order valence-electron chi connectivity index (χ4n) is 2.89.